The molecule has 0 atom stereocenters. The normalized spacial score (nSPS) is 10.1. The van der Waals surface area contributed by atoms with E-state index < -0.39 is 0 Å². The van der Waals surface area contributed by atoms with E-state index in [0.29, 0.717) is 5.56 Å². The Kier molecular flexibility index (Phi) is 5.22. The lowest BCUT2D eigenvalue weighted by atomic mass is 10.1. The van der Waals surface area contributed by atoms with Gasteiger partial charge in [0.1, 0.15) is 6.61 Å². The van der Waals surface area contributed by atoms with Gasteiger partial charge in [-0.3, -0.25) is 9.59 Å². The van der Waals surface area contributed by atoms with Gasteiger partial charge in [-0.05, 0) is 18.4 Å². The number of carbonyl (C=O) groups excluding carboxylic acids is 2. The van der Waals surface area contributed by atoms with Gasteiger partial charge in [0.15, 0.2) is 11.6 Å². The van der Waals surface area contributed by atoms with Crippen molar-refractivity contribution < 1.29 is 14.3 Å². The Balaban J connectivity index is 2.62. The van der Waals surface area contributed by atoms with Crippen molar-refractivity contribution in [3.05, 3.63) is 29.8 Å². The highest BCUT2D eigenvalue weighted by Gasteiger charge is 2.11. The zero-order valence-corrected chi connectivity index (χ0v) is 10.2. The van der Waals surface area contributed by atoms with Crippen molar-refractivity contribution in [2.75, 3.05) is 20.0 Å². The van der Waals surface area contributed by atoms with E-state index in [1.165, 1.54) is 7.11 Å². The zero-order chi connectivity index (χ0) is 12.0. The van der Waals surface area contributed by atoms with Crippen LogP contribution in [0.25, 0.3) is 0 Å². The first-order chi connectivity index (χ1) is 7.67. The number of benzene rings is 1. The molecular formula is C12H14O3S. The van der Waals surface area contributed by atoms with Gasteiger partial charge in [-0.1, -0.05) is 12.1 Å². The van der Waals surface area contributed by atoms with Crippen molar-refractivity contribution in [2.24, 2.45) is 0 Å². The summed E-state index contributed by atoms with van der Waals surface area (Å²) in [6.45, 7) is -0.00532. The van der Waals surface area contributed by atoms with E-state index in [-0.39, 0.29) is 24.6 Å². The summed E-state index contributed by atoms with van der Waals surface area (Å²) in [6.07, 6.45) is 1.88. The third-order valence-electron chi connectivity index (χ3n) is 2.08. The molecule has 1 rings (SSSR count). The van der Waals surface area contributed by atoms with Crippen LogP contribution < -0.4 is 0 Å². The number of ketones is 2. The quantitative estimate of drug-likeness (QED) is 0.433. The van der Waals surface area contributed by atoms with Crippen LogP contribution in [0.1, 0.15) is 16.8 Å². The Morgan fingerprint density at radius 3 is 2.38 bits per heavy atom. The van der Waals surface area contributed by atoms with Gasteiger partial charge >= 0.3 is 0 Å². The molecule has 16 heavy (non-hydrogen) atoms. The zero-order valence-electron chi connectivity index (χ0n) is 9.36. The van der Waals surface area contributed by atoms with E-state index in [9.17, 15) is 9.59 Å². The minimum Gasteiger partial charge on any atom is -0.377 e. The maximum absolute atomic E-state index is 11.6. The summed E-state index contributed by atoms with van der Waals surface area (Å²) in [4.78, 5) is 23.9. The molecule has 0 fully saturated rings. The highest BCUT2D eigenvalue weighted by Crippen LogP contribution is 2.15. The molecule has 0 aliphatic rings. The Bertz CT molecular complexity index is 370. The van der Waals surface area contributed by atoms with Gasteiger partial charge in [0.2, 0.25) is 0 Å². The van der Waals surface area contributed by atoms with E-state index in [2.05, 4.69) is 4.74 Å². The number of carbonyl (C=O) groups is 2. The fourth-order valence-electron chi connectivity index (χ4n) is 1.27. The molecular weight excluding hydrogens is 224 g/mol. The Hall–Kier alpha value is -1.13. The predicted molar refractivity (Wildman–Crippen MR) is 64.1 cm³/mol. The van der Waals surface area contributed by atoms with E-state index in [1.54, 1.807) is 23.9 Å². The van der Waals surface area contributed by atoms with Gasteiger partial charge in [-0.2, -0.15) is 0 Å². The van der Waals surface area contributed by atoms with E-state index in [0.717, 1.165) is 4.90 Å². The van der Waals surface area contributed by atoms with Gasteiger partial charge in [-0.15, -0.1) is 11.8 Å². The Labute approximate surface area is 99.2 Å². The van der Waals surface area contributed by atoms with Crippen molar-refractivity contribution in [3.63, 3.8) is 0 Å². The summed E-state index contributed by atoms with van der Waals surface area (Å²) in [5, 5.41) is 0. The molecule has 0 saturated carbocycles. The highest BCUT2D eigenvalue weighted by molar-refractivity contribution is 7.98. The summed E-state index contributed by atoms with van der Waals surface area (Å²) < 4.78 is 4.67. The minimum absolute atomic E-state index is 0.00532. The van der Waals surface area contributed by atoms with Crippen molar-refractivity contribution >= 4 is 23.3 Å². The van der Waals surface area contributed by atoms with Crippen LogP contribution >= 0.6 is 11.8 Å². The number of thioether (sulfide) groups is 1. The third-order valence-corrected chi connectivity index (χ3v) is 2.82. The SMILES string of the molecule is COCC(=O)CC(=O)c1ccc(SC)cc1. The van der Waals surface area contributed by atoms with Crippen molar-refractivity contribution in [3.8, 4) is 0 Å². The first-order valence-corrected chi connectivity index (χ1v) is 6.07. The monoisotopic (exact) mass is 238 g/mol. The fraction of sp³-hybridized carbons (Fsp3) is 0.333. The van der Waals surface area contributed by atoms with Crippen LogP contribution in [0.5, 0.6) is 0 Å². The summed E-state index contributed by atoms with van der Waals surface area (Å²) >= 11 is 1.61. The van der Waals surface area contributed by atoms with Crippen LogP contribution in [0, 0.1) is 0 Å². The number of Topliss-reactive ketones (excluding diaryl/α,β-unsaturated/α-hetero) is 2. The predicted octanol–water partition coefficient (Wildman–Crippen LogP) is 2.20. The standard InChI is InChI=1S/C12H14O3S/c1-15-8-10(13)7-12(14)9-3-5-11(16-2)6-4-9/h3-6H,7-8H2,1-2H3. The molecule has 0 heterocycles. The molecule has 0 N–H and O–H groups in total. The number of methoxy groups -OCH3 is 1. The van der Waals surface area contributed by atoms with Crippen LogP contribution in [0.3, 0.4) is 0 Å². The molecule has 0 aromatic heterocycles. The second kappa shape index (κ2) is 6.45. The van der Waals surface area contributed by atoms with Gasteiger partial charge in [0.25, 0.3) is 0 Å². The lowest BCUT2D eigenvalue weighted by molar-refractivity contribution is -0.121. The third kappa shape index (κ3) is 3.79. The topological polar surface area (TPSA) is 43.4 Å². The van der Waals surface area contributed by atoms with Crippen molar-refractivity contribution in [1.82, 2.24) is 0 Å². The van der Waals surface area contributed by atoms with E-state index in [1.807, 2.05) is 18.4 Å². The largest absolute Gasteiger partial charge is 0.377 e. The summed E-state index contributed by atoms with van der Waals surface area (Å²) in [5.74, 6) is -0.351. The first-order valence-electron chi connectivity index (χ1n) is 4.85. The molecule has 0 unspecified atom stereocenters. The summed E-state index contributed by atoms with van der Waals surface area (Å²) in [7, 11) is 1.44. The lowest BCUT2D eigenvalue weighted by Crippen LogP contribution is -2.12. The lowest BCUT2D eigenvalue weighted by Gasteiger charge is -2.01. The van der Waals surface area contributed by atoms with Crippen molar-refractivity contribution in [2.45, 2.75) is 11.3 Å². The summed E-state index contributed by atoms with van der Waals surface area (Å²) in [5.41, 5.74) is 0.572. The Morgan fingerprint density at radius 2 is 1.88 bits per heavy atom. The van der Waals surface area contributed by atoms with Crippen LogP contribution in [0.15, 0.2) is 29.2 Å². The molecule has 0 saturated heterocycles. The Morgan fingerprint density at radius 1 is 1.25 bits per heavy atom. The molecule has 0 bridgehead atoms. The first kappa shape index (κ1) is 12.9. The smallest absolute Gasteiger partial charge is 0.170 e. The molecule has 0 radical (unpaired) electrons. The molecule has 0 spiro atoms. The fourth-order valence-corrected chi connectivity index (χ4v) is 1.68. The molecule has 3 nitrogen and oxygen atoms in total. The average molecular weight is 238 g/mol. The van der Waals surface area contributed by atoms with Crippen molar-refractivity contribution in [1.29, 1.82) is 0 Å². The maximum Gasteiger partial charge on any atom is 0.170 e. The molecule has 1 aromatic carbocycles. The van der Waals surface area contributed by atoms with Gasteiger partial charge < -0.3 is 4.74 Å². The van der Waals surface area contributed by atoms with E-state index in [4.69, 9.17) is 0 Å². The molecule has 1 aromatic rings. The molecule has 0 aliphatic carbocycles. The second-order valence-electron chi connectivity index (χ2n) is 3.30. The molecule has 0 amide bonds. The van der Waals surface area contributed by atoms with Crippen LogP contribution in [0.4, 0.5) is 0 Å². The summed E-state index contributed by atoms with van der Waals surface area (Å²) in [6, 6.07) is 7.24. The number of hydrogen-bond donors (Lipinski definition) is 0. The molecule has 0 aliphatic heterocycles. The van der Waals surface area contributed by atoms with E-state index >= 15 is 0 Å². The van der Waals surface area contributed by atoms with Crippen LogP contribution in [0.2, 0.25) is 0 Å². The highest BCUT2D eigenvalue weighted by atomic mass is 32.2. The van der Waals surface area contributed by atoms with Crippen LogP contribution in [-0.4, -0.2) is 31.5 Å². The number of hydrogen-bond acceptors (Lipinski definition) is 4. The number of rotatable bonds is 6. The maximum atomic E-state index is 11.6. The van der Waals surface area contributed by atoms with Gasteiger partial charge in [0.05, 0.1) is 6.42 Å². The molecule has 86 valence electrons. The second-order valence-corrected chi connectivity index (χ2v) is 4.18. The molecule has 4 heteroatoms. The number of ether oxygens (including phenoxy) is 1. The van der Waals surface area contributed by atoms with Crippen LogP contribution in [-0.2, 0) is 9.53 Å². The van der Waals surface area contributed by atoms with Gasteiger partial charge in [0, 0.05) is 17.6 Å². The minimum atomic E-state index is -0.193. The van der Waals surface area contributed by atoms with Gasteiger partial charge in [-0.25, -0.2) is 0 Å². The average Bonchev–Trinajstić information content (AvgIpc) is 2.29.